The van der Waals surface area contributed by atoms with Crippen LogP contribution in [0, 0.1) is 10.1 Å². The smallest absolute Gasteiger partial charge is 0.395 e. The molecule has 0 atom stereocenters. The van der Waals surface area contributed by atoms with Crippen LogP contribution < -0.4 is 5.56 Å². The van der Waals surface area contributed by atoms with Crippen molar-refractivity contribution in [3.8, 4) is 17.4 Å². The Morgan fingerprint density at radius 3 is 2.48 bits per heavy atom. The molecule has 4 N–H and O–H groups in total. The zero-order valence-electron chi connectivity index (χ0n) is 10.3. The van der Waals surface area contributed by atoms with Gasteiger partial charge in [0.1, 0.15) is 5.82 Å². The molecule has 0 spiro atoms. The van der Waals surface area contributed by atoms with Crippen LogP contribution in [0.15, 0.2) is 23.0 Å². The Bertz CT molecular complexity index is 796. The van der Waals surface area contributed by atoms with Crippen molar-refractivity contribution >= 4 is 17.8 Å². The van der Waals surface area contributed by atoms with E-state index in [2.05, 4.69) is 9.97 Å². The fourth-order valence-corrected chi connectivity index (χ4v) is 1.53. The van der Waals surface area contributed by atoms with Gasteiger partial charge >= 0.3 is 11.2 Å². The first-order valence-corrected chi connectivity index (χ1v) is 5.56. The molecule has 1 aromatic carbocycles. The predicted octanol–water partition coefficient (Wildman–Crippen LogP) is 0.965. The quantitative estimate of drug-likeness (QED) is 0.373. The van der Waals surface area contributed by atoms with Gasteiger partial charge in [-0.05, 0) is 23.8 Å². The number of aromatic hydroxyl groups is 3. The van der Waals surface area contributed by atoms with E-state index in [0.717, 1.165) is 0 Å². The van der Waals surface area contributed by atoms with Crippen molar-refractivity contribution in [3.63, 3.8) is 0 Å². The molecule has 0 bridgehead atoms. The molecule has 108 valence electrons. The van der Waals surface area contributed by atoms with Crippen LogP contribution in [0.3, 0.4) is 0 Å². The first-order chi connectivity index (χ1) is 9.88. The van der Waals surface area contributed by atoms with Crippen LogP contribution in [0.1, 0.15) is 11.4 Å². The monoisotopic (exact) mass is 291 g/mol. The Morgan fingerprint density at radius 1 is 1.19 bits per heavy atom. The van der Waals surface area contributed by atoms with E-state index in [-0.39, 0.29) is 17.3 Å². The standard InChI is InChI=1S/C12H9N3O6/c16-7-3-1-6(5-8(7)17)2-4-9-13-11(18)10(15(20)21)12(19)14-9/h1-5,16-17H,(H2,13,14,18,19)/b4-2+. The lowest BCUT2D eigenvalue weighted by molar-refractivity contribution is -0.387. The lowest BCUT2D eigenvalue weighted by atomic mass is 10.2. The highest BCUT2D eigenvalue weighted by Crippen LogP contribution is 2.25. The molecule has 0 aliphatic heterocycles. The lowest BCUT2D eigenvalue weighted by Crippen LogP contribution is -2.14. The maximum absolute atomic E-state index is 11.4. The van der Waals surface area contributed by atoms with Gasteiger partial charge < -0.3 is 20.3 Å². The summed E-state index contributed by atoms with van der Waals surface area (Å²) in [6.07, 6.45) is 2.69. The Labute approximate surface area is 116 Å². The first kappa shape index (κ1) is 14.1. The van der Waals surface area contributed by atoms with E-state index < -0.39 is 22.0 Å². The molecule has 9 nitrogen and oxygen atoms in total. The van der Waals surface area contributed by atoms with Crippen LogP contribution in [0.2, 0.25) is 0 Å². The molecular weight excluding hydrogens is 282 g/mol. The van der Waals surface area contributed by atoms with E-state index in [9.17, 15) is 25.1 Å². The fourth-order valence-electron chi connectivity index (χ4n) is 1.53. The summed E-state index contributed by atoms with van der Waals surface area (Å²) in [5, 5.41) is 38.3. The molecule has 0 aliphatic rings. The van der Waals surface area contributed by atoms with Gasteiger partial charge in [-0.1, -0.05) is 12.1 Å². The van der Waals surface area contributed by atoms with Gasteiger partial charge in [0.2, 0.25) is 0 Å². The van der Waals surface area contributed by atoms with Crippen molar-refractivity contribution in [1.29, 1.82) is 0 Å². The average molecular weight is 291 g/mol. The van der Waals surface area contributed by atoms with E-state index in [1.54, 1.807) is 0 Å². The number of phenolic OH excluding ortho intramolecular Hbond substituents is 2. The summed E-state index contributed by atoms with van der Waals surface area (Å²) in [5.41, 5.74) is -1.64. The number of nitrogens with zero attached hydrogens (tertiary/aromatic N) is 2. The number of nitro groups is 1. The van der Waals surface area contributed by atoms with Gasteiger partial charge in [0, 0.05) is 0 Å². The first-order valence-electron chi connectivity index (χ1n) is 5.56. The summed E-state index contributed by atoms with van der Waals surface area (Å²) >= 11 is 0. The van der Waals surface area contributed by atoms with Gasteiger partial charge in [-0.25, -0.2) is 0 Å². The molecule has 2 aromatic rings. The van der Waals surface area contributed by atoms with E-state index in [4.69, 9.17) is 5.11 Å². The summed E-state index contributed by atoms with van der Waals surface area (Å²) in [7, 11) is 0. The molecule has 0 radical (unpaired) electrons. The third-order valence-electron chi connectivity index (χ3n) is 2.51. The summed E-state index contributed by atoms with van der Waals surface area (Å²) in [5.74, 6) is -1.70. The minimum atomic E-state index is -1.08. The van der Waals surface area contributed by atoms with Crippen molar-refractivity contribution in [3.05, 3.63) is 50.1 Å². The molecule has 2 rings (SSSR count). The molecular formula is C12H9N3O6. The number of hydrogen-bond acceptors (Lipinski definition) is 7. The Hall–Kier alpha value is -3.36. The normalized spacial score (nSPS) is 10.9. The number of benzene rings is 1. The van der Waals surface area contributed by atoms with Gasteiger partial charge in [-0.15, -0.1) is 0 Å². The highest BCUT2D eigenvalue weighted by atomic mass is 16.6. The third kappa shape index (κ3) is 2.97. The Kier molecular flexibility index (Phi) is 3.57. The minimum Gasteiger partial charge on any atom is -0.504 e. The second-order valence-electron chi connectivity index (χ2n) is 3.96. The maximum Gasteiger partial charge on any atom is 0.395 e. The van der Waals surface area contributed by atoms with Gasteiger partial charge in [0.15, 0.2) is 11.5 Å². The van der Waals surface area contributed by atoms with Crippen LogP contribution in [-0.2, 0) is 0 Å². The van der Waals surface area contributed by atoms with Gasteiger partial charge in [-0.2, -0.15) is 4.98 Å². The molecule has 0 saturated carbocycles. The van der Waals surface area contributed by atoms with Crippen LogP contribution in [0.25, 0.3) is 12.2 Å². The fraction of sp³-hybridized carbons (Fsp3) is 0. The highest BCUT2D eigenvalue weighted by molar-refractivity contribution is 5.68. The van der Waals surface area contributed by atoms with Crippen LogP contribution in [0.5, 0.6) is 17.4 Å². The molecule has 9 heteroatoms. The molecule has 0 amide bonds. The topological polar surface area (TPSA) is 150 Å². The Balaban J connectivity index is 2.35. The van der Waals surface area contributed by atoms with Crippen LogP contribution in [-0.4, -0.2) is 30.2 Å². The molecule has 1 heterocycles. The molecule has 0 unspecified atom stereocenters. The van der Waals surface area contributed by atoms with Gasteiger partial charge in [0.25, 0.3) is 5.88 Å². The van der Waals surface area contributed by atoms with Gasteiger partial charge in [0.05, 0.1) is 4.92 Å². The van der Waals surface area contributed by atoms with Crippen LogP contribution in [0.4, 0.5) is 5.69 Å². The summed E-state index contributed by atoms with van der Waals surface area (Å²) in [6.45, 7) is 0. The molecule has 21 heavy (non-hydrogen) atoms. The van der Waals surface area contributed by atoms with Crippen molar-refractivity contribution < 1.29 is 20.2 Å². The van der Waals surface area contributed by atoms with E-state index in [1.165, 1.54) is 30.4 Å². The second-order valence-corrected chi connectivity index (χ2v) is 3.96. The average Bonchev–Trinajstić information content (AvgIpc) is 2.39. The number of aromatic amines is 1. The van der Waals surface area contributed by atoms with E-state index in [1.807, 2.05) is 0 Å². The molecule has 0 fully saturated rings. The van der Waals surface area contributed by atoms with Gasteiger partial charge in [-0.3, -0.25) is 14.9 Å². The highest BCUT2D eigenvalue weighted by Gasteiger charge is 2.21. The zero-order valence-corrected chi connectivity index (χ0v) is 10.3. The maximum atomic E-state index is 11.4. The largest absolute Gasteiger partial charge is 0.504 e. The number of hydrogen-bond donors (Lipinski definition) is 4. The number of aromatic nitrogens is 2. The Morgan fingerprint density at radius 2 is 1.90 bits per heavy atom. The molecule has 0 saturated heterocycles. The number of rotatable bonds is 3. The third-order valence-corrected chi connectivity index (χ3v) is 2.51. The van der Waals surface area contributed by atoms with Crippen molar-refractivity contribution in [2.75, 3.05) is 0 Å². The summed E-state index contributed by atoms with van der Waals surface area (Å²) in [4.78, 5) is 26.5. The van der Waals surface area contributed by atoms with Crippen molar-refractivity contribution in [2.45, 2.75) is 0 Å². The van der Waals surface area contributed by atoms with E-state index in [0.29, 0.717) is 5.56 Å². The number of phenols is 2. The number of H-pyrrole nitrogens is 1. The van der Waals surface area contributed by atoms with Crippen molar-refractivity contribution in [2.24, 2.45) is 0 Å². The van der Waals surface area contributed by atoms with Crippen molar-refractivity contribution in [1.82, 2.24) is 9.97 Å². The predicted molar refractivity (Wildman–Crippen MR) is 71.9 cm³/mol. The molecule has 1 aromatic heterocycles. The SMILES string of the molecule is O=c1[nH]c(/C=C/c2ccc(O)c(O)c2)nc(O)c1[N+](=O)[O-]. The number of nitrogens with one attached hydrogen (secondary N) is 1. The summed E-state index contributed by atoms with van der Waals surface area (Å²) < 4.78 is 0. The molecule has 0 aliphatic carbocycles. The summed E-state index contributed by atoms with van der Waals surface area (Å²) in [6, 6.07) is 4.00. The lowest BCUT2D eigenvalue weighted by Gasteiger charge is -1.99. The second kappa shape index (κ2) is 5.33. The zero-order chi connectivity index (χ0) is 15.6. The van der Waals surface area contributed by atoms with Crippen LogP contribution >= 0.6 is 0 Å². The minimum absolute atomic E-state index is 0.101. The van der Waals surface area contributed by atoms with E-state index >= 15 is 0 Å².